The van der Waals surface area contributed by atoms with E-state index in [0.717, 1.165) is 11.1 Å². The van der Waals surface area contributed by atoms with Gasteiger partial charge in [-0.25, -0.2) is 4.98 Å². The van der Waals surface area contributed by atoms with E-state index in [9.17, 15) is 9.59 Å². The fourth-order valence-corrected chi connectivity index (χ4v) is 3.53. The molecule has 2 amide bonds. The van der Waals surface area contributed by atoms with Gasteiger partial charge in [-0.05, 0) is 56.2 Å². The van der Waals surface area contributed by atoms with Crippen LogP contribution in [-0.4, -0.2) is 30.1 Å². The normalized spacial score (nSPS) is 12.2. The van der Waals surface area contributed by atoms with Gasteiger partial charge in [-0.3, -0.25) is 9.59 Å². The summed E-state index contributed by atoms with van der Waals surface area (Å²) in [5, 5.41) is 5.77. The largest absolute Gasteiger partial charge is 0.454 e. The molecule has 0 saturated heterocycles. The Hall–Kier alpha value is -4.07. The number of fused-ring (bicyclic) bond motifs is 1. The molecule has 1 aliphatic heterocycles. The maximum atomic E-state index is 12.9. The first-order valence-corrected chi connectivity index (χ1v) is 11.1. The number of likely N-dealkylation sites (N-methyl/N-ethyl adjacent to an activating group) is 1. The first-order chi connectivity index (χ1) is 16.4. The van der Waals surface area contributed by atoms with Crippen LogP contribution in [0.2, 0.25) is 0 Å². The number of hydrogen-bond donors (Lipinski definition) is 2. The zero-order chi connectivity index (χ0) is 24.1. The number of pyridine rings is 1. The molecule has 0 aliphatic carbocycles. The van der Waals surface area contributed by atoms with Crippen molar-refractivity contribution in [2.75, 3.05) is 13.3 Å². The van der Waals surface area contributed by atoms with Crippen LogP contribution in [0.4, 0.5) is 0 Å². The van der Waals surface area contributed by atoms with E-state index in [1.165, 1.54) is 0 Å². The van der Waals surface area contributed by atoms with Gasteiger partial charge in [0.1, 0.15) is 11.3 Å². The lowest BCUT2D eigenvalue weighted by atomic mass is 9.83. The molecule has 0 fully saturated rings. The molecule has 2 heterocycles. The fourth-order valence-electron chi connectivity index (χ4n) is 3.53. The molecular weight excluding hydrogens is 434 g/mol. The predicted molar refractivity (Wildman–Crippen MR) is 126 cm³/mol. The second kappa shape index (κ2) is 9.82. The van der Waals surface area contributed by atoms with E-state index < -0.39 is 5.41 Å². The Morgan fingerprint density at radius 2 is 1.79 bits per heavy atom. The topological polar surface area (TPSA) is 98.8 Å². The van der Waals surface area contributed by atoms with Crippen LogP contribution in [0, 0.1) is 0 Å². The molecule has 1 aromatic heterocycles. The minimum atomic E-state index is -0.644. The second-order valence-electron chi connectivity index (χ2n) is 8.34. The number of amides is 2. The summed E-state index contributed by atoms with van der Waals surface area (Å²) in [6.45, 7) is 6.74. The van der Waals surface area contributed by atoms with Gasteiger partial charge in [0, 0.05) is 25.4 Å². The summed E-state index contributed by atoms with van der Waals surface area (Å²) in [7, 11) is 0. The van der Waals surface area contributed by atoms with Gasteiger partial charge in [0.05, 0.1) is 5.41 Å². The number of rotatable bonds is 8. The molecule has 0 atom stereocenters. The summed E-state index contributed by atoms with van der Waals surface area (Å²) < 4.78 is 16.5. The van der Waals surface area contributed by atoms with E-state index >= 15 is 0 Å². The summed E-state index contributed by atoms with van der Waals surface area (Å²) >= 11 is 0. The molecule has 0 spiro atoms. The molecular formula is C26H27N3O5. The zero-order valence-electron chi connectivity index (χ0n) is 19.4. The van der Waals surface area contributed by atoms with E-state index in [4.69, 9.17) is 14.2 Å². The predicted octanol–water partition coefficient (Wildman–Crippen LogP) is 3.95. The number of ether oxygens (including phenoxy) is 3. The highest BCUT2D eigenvalue weighted by atomic mass is 16.7. The van der Waals surface area contributed by atoms with Crippen LogP contribution in [0.25, 0.3) is 0 Å². The molecule has 4 rings (SSSR count). The van der Waals surface area contributed by atoms with Gasteiger partial charge in [-0.15, -0.1) is 0 Å². The van der Waals surface area contributed by atoms with Gasteiger partial charge in [0.15, 0.2) is 11.5 Å². The smallest absolute Gasteiger partial charge is 0.257 e. The van der Waals surface area contributed by atoms with Gasteiger partial charge in [-0.2, -0.15) is 0 Å². The van der Waals surface area contributed by atoms with Crippen molar-refractivity contribution in [3.05, 3.63) is 77.5 Å². The highest BCUT2D eigenvalue weighted by molar-refractivity contribution is 5.96. The van der Waals surface area contributed by atoms with E-state index in [1.54, 1.807) is 36.5 Å². The van der Waals surface area contributed by atoms with Crippen LogP contribution >= 0.6 is 0 Å². The molecule has 0 unspecified atom stereocenters. The number of nitrogens with zero attached hydrogens (tertiary/aromatic N) is 1. The first-order valence-electron chi connectivity index (χ1n) is 11.1. The monoisotopic (exact) mass is 461 g/mol. The standard InChI is InChI=1S/C26H27N3O5/c1-4-27-25(31)26(2,3)18-9-7-17(8-10-18)15-29-23(30)20-6-5-13-28-24(20)34-19-11-12-21-22(14-19)33-16-32-21/h5-14H,4,15-16H2,1-3H3,(H,27,31)(H,29,30). The summed E-state index contributed by atoms with van der Waals surface area (Å²) in [4.78, 5) is 29.4. The molecule has 176 valence electrons. The average Bonchev–Trinajstić information content (AvgIpc) is 3.31. The number of carbonyl (C=O) groups excluding carboxylic acids is 2. The number of nitrogens with one attached hydrogen (secondary N) is 2. The molecule has 0 saturated carbocycles. The number of hydrogen-bond acceptors (Lipinski definition) is 6. The SMILES string of the molecule is CCNC(=O)C(C)(C)c1ccc(CNC(=O)c2cccnc2Oc2ccc3c(c2)OCO3)cc1. The van der Waals surface area contributed by atoms with Crippen LogP contribution in [0.1, 0.15) is 42.3 Å². The Bertz CT molecular complexity index is 1190. The molecule has 2 aromatic carbocycles. The van der Waals surface area contributed by atoms with Crippen molar-refractivity contribution in [1.29, 1.82) is 0 Å². The van der Waals surface area contributed by atoms with Crippen molar-refractivity contribution in [2.45, 2.75) is 32.7 Å². The molecule has 8 heteroatoms. The molecule has 0 bridgehead atoms. The van der Waals surface area contributed by atoms with Crippen molar-refractivity contribution in [3.8, 4) is 23.1 Å². The third kappa shape index (κ3) is 4.96. The molecule has 34 heavy (non-hydrogen) atoms. The molecule has 0 radical (unpaired) electrons. The minimum Gasteiger partial charge on any atom is -0.454 e. The van der Waals surface area contributed by atoms with Crippen LogP contribution in [0.3, 0.4) is 0 Å². The Morgan fingerprint density at radius 1 is 1.03 bits per heavy atom. The van der Waals surface area contributed by atoms with Gasteiger partial charge < -0.3 is 24.8 Å². The third-order valence-corrected chi connectivity index (χ3v) is 5.61. The van der Waals surface area contributed by atoms with Crippen LogP contribution < -0.4 is 24.8 Å². The summed E-state index contributed by atoms with van der Waals surface area (Å²) in [5.74, 6) is 1.57. The Labute approximate surface area is 198 Å². The lowest BCUT2D eigenvalue weighted by Crippen LogP contribution is -2.39. The van der Waals surface area contributed by atoms with Gasteiger partial charge in [-0.1, -0.05) is 24.3 Å². The quantitative estimate of drug-likeness (QED) is 0.527. The molecule has 2 N–H and O–H groups in total. The minimum absolute atomic E-state index is 0.0254. The maximum absolute atomic E-state index is 12.9. The van der Waals surface area contributed by atoms with Gasteiger partial charge >= 0.3 is 0 Å². The van der Waals surface area contributed by atoms with Crippen molar-refractivity contribution < 1.29 is 23.8 Å². The summed E-state index contributed by atoms with van der Waals surface area (Å²) in [6, 6.07) is 16.1. The number of carbonyl (C=O) groups is 2. The fraction of sp³-hybridized carbons (Fsp3) is 0.269. The van der Waals surface area contributed by atoms with E-state index in [0.29, 0.717) is 35.9 Å². The lowest BCUT2D eigenvalue weighted by molar-refractivity contribution is -0.125. The number of aromatic nitrogens is 1. The molecule has 8 nitrogen and oxygen atoms in total. The highest BCUT2D eigenvalue weighted by Gasteiger charge is 2.29. The van der Waals surface area contributed by atoms with Crippen LogP contribution in [0.15, 0.2) is 60.8 Å². The highest BCUT2D eigenvalue weighted by Crippen LogP contribution is 2.36. The maximum Gasteiger partial charge on any atom is 0.257 e. The average molecular weight is 462 g/mol. The third-order valence-electron chi connectivity index (χ3n) is 5.61. The van der Waals surface area contributed by atoms with E-state index in [2.05, 4.69) is 15.6 Å². The zero-order valence-corrected chi connectivity index (χ0v) is 19.4. The van der Waals surface area contributed by atoms with Crippen molar-refractivity contribution in [1.82, 2.24) is 15.6 Å². The van der Waals surface area contributed by atoms with Crippen molar-refractivity contribution >= 4 is 11.8 Å². The molecule has 3 aromatic rings. The molecule has 1 aliphatic rings. The number of benzene rings is 2. The first kappa shape index (κ1) is 23.1. The van der Waals surface area contributed by atoms with Crippen molar-refractivity contribution in [2.24, 2.45) is 0 Å². The lowest BCUT2D eigenvalue weighted by Gasteiger charge is -2.24. The Morgan fingerprint density at radius 3 is 2.56 bits per heavy atom. The van der Waals surface area contributed by atoms with Gasteiger partial charge in [0.25, 0.3) is 5.91 Å². The van der Waals surface area contributed by atoms with Crippen molar-refractivity contribution in [3.63, 3.8) is 0 Å². The second-order valence-corrected chi connectivity index (χ2v) is 8.34. The van der Waals surface area contributed by atoms with E-state index in [-0.39, 0.29) is 24.5 Å². The summed E-state index contributed by atoms with van der Waals surface area (Å²) in [6.07, 6.45) is 1.56. The summed E-state index contributed by atoms with van der Waals surface area (Å²) in [5.41, 5.74) is 1.48. The van der Waals surface area contributed by atoms with Crippen LogP contribution in [0.5, 0.6) is 23.1 Å². The Balaban J connectivity index is 1.41. The Kier molecular flexibility index (Phi) is 6.67. The van der Waals surface area contributed by atoms with Crippen LogP contribution in [-0.2, 0) is 16.8 Å². The van der Waals surface area contributed by atoms with Gasteiger partial charge in [0.2, 0.25) is 18.6 Å². The van der Waals surface area contributed by atoms with E-state index in [1.807, 2.05) is 45.0 Å².